The van der Waals surface area contributed by atoms with Gasteiger partial charge in [0.2, 0.25) is 0 Å². The number of para-hydroxylation sites is 4. The van der Waals surface area contributed by atoms with Crippen LogP contribution in [0.2, 0.25) is 0 Å². The molecular weight excluding hydrogens is 669 g/mol. The quantitative estimate of drug-likeness (QED) is 0.190. The Morgan fingerprint density at radius 1 is 0.500 bits per heavy atom. The molecule has 7 heteroatoms. The highest BCUT2D eigenvalue weighted by Gasteiger charge is 2.71. The van der Waals surface area contributed by atoms with Gasteiger partial charge in [-0.25, -0.2) is 0 Å². The lowest BCUT2D eigenvalue weighted by Crippen LogP contribution is -2.85. The predicted molar refractivity (Wildman–Crippen MR) is 226 cm³/mol. The molecule has 7 rings (SSSR count). The van der Waals surface area contributed by atoms with Gasteiger partial charge in [-0.2, -0.15) is 0 Å². The van der Waals surface area contributed by atoms with Crippen molar-refractivity contribution in [2.75, 3.05) is 44.8 Å². The van der Waals surface area contributed by atoms with Gasteiger partial charge in [0.15, 0.2) is 0 Å². The zero-order valence-corrected chi connectivity index (χ0v) is 35.8. The molecule has 1 spiro atoms. The molecule has 3 aliphatic heterocycles. The first kappa shape index (κ1) is 36.8. The van der Waals surface area contributed by atoms with Crippen LogP contribution in [-0.2, 0) is 9.28 Å². The highest BCUT2D eigenvalue weighted by molar-refractivity contribution is 7.00. The van der Waals surface area contributed by atoms with Crippen molar-refractivity contribution in [2.24, 2.45) is 21.7 Å². The molecule has 0 aromatic heterocycles. The minimum atomic E-state index is -3.19. The fourth-order valence-corrected chi connectivity index (χ4v) is 19.2. The largest absolute Gasteiger partial charge is 0.445 e. The Morgan fingerprint density at radius 2 is 0.942 bits per heavy atom. The third-order valence-corrected chi connectivity index (χ3v) is 17.9. The van der Waals surface area contributed by atoms with Crippen LogP contribution in [0.3, 0.4) is 0 Å². The molecule has 5 nitrogen and oxygen atoms in total. The summed E-state index contributed by atoms with van der Waals surface area (Å²) >= 11 is 0. The zero-order valence-electron chi connectivity index (χ0n) is 33.8. The molecule has 3 heterocycles. The number of fused-ring (bicyclic) bond motifs is 6. The van der Waals surface area contributed by atoms with E-state index in [2.05, 4.69) is 205 Å². The van der Waals surface area contributed by atoms with Crippen LogP contribution in [-0.4, -0.2) is 44.0 Å². The standard InChI is InChI=1S/C45H61N4OSi2/c1-41(2,3)30-46-36-25-17-18-26-37(36)47(31-42(4,5)6)51-45(46,34-22-14-13-15-23-34)35-24-16-21-29-40(35)52(50-51)48(32-43(7,8)9)38-27-19-20-28-39(38)49(52)33-44(10,11)12/h13-29H,30-33H2,1-12H3. The van der Waals surface area contributed by atoms with Crippen molar-refractivity contribution in [2.45, 2.75) is 88.2 Å². The predicted octanol–water partition coefficient (Wildman–Crippen LogP) is 9.97. The Kier molecular flexibility index (Phi) is 8.87. The van der Waals surface area contributed by atoms with Crippen LogP contribution in [0, 0.1) is 21.7 Å². The molecular formula is C45H61N4OSi2. The monoisotopic (exact) mass is 729 g/mol. The number of anilines is 4. The smallest absolute Gasteiger partial charge is 0.402 e. The summed E-state index contributed by atoms with van der Waals surface area (Å²) in [6.07, 6.45) is 0. The molecule has 4 aromatic carbocycles. The number of hydrogen-bond acceptors (Lipinski definition) is 5. The van der Waals surface area contributed by atoms with E-state index in [1.54, 1.807) is 0 Å². The van der Waals surface area contributed by atoms with Crippen LogP contribution in [0.4, 0.5) is 22.7 Å². The highest BCUT2D eigenvalue weighted by Crippen LogP contribution is 2.57. The van der Waals surface area contributed by atoms with Crippen LogP contribution in [0.5, 0.6) is 0 Å². The van der Waals surface area contributed by atoms with Crippen molar-refractivity contribution < 1.29 is 4.12 Å². The highest BCUT2D eigenvalue weighted by atomic mass is 28.4. The zero-order chi connectivity index (χ0) is 37.5. The second-order valence-corrected chi connectivity index (χ2v) is 25.7. The minimum absolute atomic E-state index is 0.0235. The van der Waals surface area contributed by atoms with Crippen LogP contribution in [0.1, 0.15) is 94.2 Å². The molecule has 52 heavy (non-hydrogen) atoms. The maximum atomic E-state index is 8.66. The van der Waals surface area contributed by atoms with E-state index in [1.807, 2.05) is 0 Å². The second-order valence-electron chi connectivity index (χ2n) is 20.2. The van der Waals surface area contributed by atoms with Crippen LogP contribution in [0.25, 0.3) is 0 Å². The normalized spacial score (nSPS) is 20.2. The Labute approximate surface area is 317 Å². The summed E-state index contributed by atoms with van der Waals surface area (Å²) in [6, 6.07) is 39.3. The molecule has 0 aliphatic carbocycles. The molecule has 3 aliphatic rings. The molecule has 1 unspecified atom stereocenters. The van der Waals surface area contributed by atoms with Gasteiger partial charge in [-0.3, -0.25) is 0 Å². The van der Waals surface area contributed by atoms with Crippen molar-refractivity contribution in [3.63, 3.8) is 0 Å². The van der Waals surface area contributed by atoms with Gasteiger partial charge < -0.3 is 22.7 Å². The Hall–Kier alpha value is -3.53. The average Bonchev–Trinajstić information content (AvgIpc) is 3.28. The van der Waals surface area contributed by atoms with Crippen LogP contribution >= 0.6 is 0 Å². The van der Waals surface area contributed by atoms with Gasteiger partial charge in [0.1, 0.15) is 5.16 Å². The molecule has 0 fully saturated rings. The first-order valence-corrected chi connectivity index (χ1v) is 22.4. The summed E-state index contributed by atoms with van der Waals surface area (Å²) in [7, 11) is -5.15. The molecule has 0 N–H and O–H groups in total. The maximum absolute atomic E-state index is 8.66. The van der Waals surface area contributed by atoms with Crippen molar-refractivity contribution >= 4 is 45.8 Å². The van der Waals surface area contributed by atoms with E-state index in [9.17, 15) is 0 Å². The van der Waals surface area contributed by atoms with E-state index in [1.165, 1.54) is 39.1 Å². The summed E-state index contributed by atoms with van der Waals surface area (Å²) in [5, 5.41) is 0.856. The van der Waals surface area contributed by atoms with E-state index in [0.29, 0.717) is 0 Å². The van der Waals surface area contributed by atoms with Gasteiger partial charge in [0.05, 0.1) is 22.7 Å². The minimum Gasteiger partial charge on any atom is -0.402 e. The number of rotatable bonds is 5. The SMILES string of the molecule is CC(C)(C)CN1c2ccccc2N(CC(C)(C)C)C2(c3ccccc3)c3ccccc3[Si]3(O[Si]12)N(CC(C)(C)C)c1ccccc1N3CC(C)(C)C. The third-order valence-electron chi connectivity index (χ3n) is 10.2. The molecule has 1 atom stereocenters. The third kappa shape index (κ3) is 6.20. The van der Waals surface area contributed by atoms with Gasteiger partial charge >= 0.3 is 17.8 Å². The summed E-state index contributed by atoms with van der Waals surface area (Å²) in [4.78, 5) is 2.79. The lowest BCUT2D eigenvalue weighted by molar-refractivity contribution is 0.353. The van der Waals surface area contributed by atoms with E-state index in [4.69, 9.17) is 4.12 Å². The van der Waals surface area contributed by atoms with Gasteiger partial charge in [-0.15, -0.1) is 0 Å². The molecule has 0 bridgehead atoms. The maximum Gasteiger partial charge on any atom is 0.445 e. The number of nitrogens with zero attached hydrogens (tertiary/aromatic N) is 4. The van der Waals surface area contributed by atoms with E-state index in [-0.39, 0.29) is 21.7 Å². The molecule has 4 aromatic rings. The van der Waals surface area contributed by atoms with Gasteiger partial charge in [0.25, 0.3) is 0 Å². The fraction of sp³-hybridized carbons (Fsp3) is 0.467. The molecule has 0 saturated carbocycles. The number of benzene rings is 4. The molecule has 0 saturated heterocycles. The van der Waals surface area contributed by atoms with Crippen molar-refractivity contribution in [1.82, 2.24) is 0 Å². The van der Waals surface area contributed by atoms with Gasteiger partial charge in [-0.05, 0) is 57.1 Å². The topological polar surface area (TPSA) is 22.2 Å². The molecule has 1 radical (unpaired) electrons. The van der Waals surface area contributed by atoms with Crippen LogP contribution < -0.4 is 23.8 Å². The lowest BCUT2D eigenvalue weighted by Gasteiger charge is -2.63. The van der Waals surface area contributed by atoms with Crippen molar-refractivity contribution in [3.8, 4) is 0 Å². The Bertz CT molecular complexity index is 1880. The van der Waals surface area contributed by atoms with E-state index >= 15 is 0 Å². The van der Waals surface area contributed by atoms with Gasteiger partial charge in [-0.1, -0.05) is 162 Å². The summed E-state index contributed by atoms with van der Waals surface area (Å²) in [5.74, 6) is 0. The summed E-state index contributed by atoms with van der Waals surface area (Å²) < 4.78 is 17.0. The Balaban J connectivity index is 1.65. The summed E-state index contributed by atoms with van der Waals surface area (Å²) in [5.41, 5.74) is 8.07. The second kappa shape index (κ2) is 12.5. The molecule has 0 amide bonds. The first-order valence-electron chi connectivity index (χ1n) is 19.3. The lowest BCUT2D eigenvalue weighted by atomic mass is 9.89. The van der Waals surface area contributed by atoms with E-state index in [0.717, 1.165) is 26.2 Å². The van der Waals surface area contributed by atoms with Crippen molar-refractivity contribution in [1.29, 1.82) is 0 Å². The van der Waals surface area contributed by atoms with Gasteiger partial charge in [0, 0.05) is 31.4 Å². The number of hydrogen-bond donors (Lipinski definition) is 0. The molecule has 275 valence electrons. The summed E-state index contributed by atoms with van der Waals surface area (Å²) in [6.45, 7) is 32.2. The average molecular weight is 730 g/mol. The fourth-order valence-electron chi connectivity index (χ4n) is 8.73. The Morgan fingerprint density at radius 3 is 1.46 bits per heavy atom. The van der Waals surface area contributed by atoms with E-state index < -0.39 is 23.0 Å². The van der Waals surface area contributed by atoms with Crippen LogP contribution in [0.15, 0.2) is 103 Å². The van der Waals surface area contributed by atoms with Crippen molar-refractivity contribution in [3.05, 3.63) is 114 Å². The first-order chi connectivity index (χ1) is 24.3.